The number of piperidine rings is 1. The quantitative estimate of drug-likeness (QED) is 0.546. The van der Waals surface area contributed by atoms with Gasteiger partial charge in [0.2, 0.25) is 0 Å². The number of methoxy groups -OCH3 is 1. The highest BCUT2D eigenvalue weighted by Gasteiger charge is 2.52. The van der Waals surface area contributed by atoms with Crippen LogP contribution in [0.4, 0.5) is 0 Å². The standard InChI is InChI=1S/C24H34N2O3.2BrH/c1-28-20-7-6-18-17-26(14-5-13-25-11-3-2-4-12-25)15-10-24-9-8-19(27)16-21(24)29-23(20)22(18)24;;/h6-9,19,21,27H,2-5,10-17H2,1H3;2*1H/t19-,21-,24-;;/m0../s1. The maximum absolute atomic E-state index is 10.2. The van der Waals surface area contributed by atoms with Crippen LogP contribution >= 0.6 is 34.0 Å². The number of halogens is 2. The molecule has 3 atom stereocenters. The average Bonchev–Trinajstić information content (AvgIpc) is 2.98. The van der Waals surface area contributed by atoms with E-state index in [1.54, 1.807) is 7.11 Å². The van der Waals surface area contributed by atoms with Crippen molar-refractivity contribution in [2.24, 2.45) is 0 Å². The van der Waals surface area contributed by atoms with E-state index < -0.39 is 6.10 Å². The van der Waals surface area contributed by atoms with E-state index >= 15 is 0 Å². The molecule has 3 aliphatic heterocycles. The molecule has 3 heterocycles. The molecule has 1 spiro atoms. The fourth-order valence-corrected chi connectivity index (χ4v) is 5.89. The van der Waals surface area contributed by atoms with E-state index in [2.05, 4.69) is 28.0 Å². The highest BCUT2D eigenvalue weighted by atomic mass is 79.9. The van der Waals surface area contributed by atoms with Crippen LogP contribution in [0.25, 0.3) is 0 Å². The smallest absolute Gasteiger partial charge is 0.166 e. The minimum atomic E-state index is -0.418. The average molecular weight is 560 g/mol. The monoisotopic (exact) mass is 558 g/mol. The molecule has 5 nitrogen and oxygen atoms in total. The molecular formula is C24H36Br2N2O3. The summed E-state index contributed by atoms with van der Waals surface area (Å²) in [7, 11) is 1.71. The van der Waals surface area contributed by atoms with Crippen LogP contribution in [-0.2, 0) is 12.0 Å². The first-order chi connectivity index (χ1) is 14.2. The van der Waals surface area contributed by atoms with Gasteiger partial charge in [-0.3, -0.25) is 4.90 Å². The van der Waals surface area contributed by atoms with Crippen molar-refractivity contribution in [3.63, 3.8) is 0 Å². The van der Waals surface area contributed by atoms with E-state index in [4.69, 9.17) is 9.47 Å². The van der Waals surface area contributed by atoms with Crippen LogP contribution in [0.3, 0.4) is 0 Å². The lowest BCUT2D eigenvalue weighted by molar-refractivity contribution is 0.0807. The van der Waals surface area contributed by atoms with Gasteiger partial charge in [-0.05, 0) is 70.0 Å². The van der Waals surface area contributed by atoms with Crippen LogP contribution in [0.5, 0.6) is 11.5 Å². The fourth-order valence-electron chi connectivity index (χ4n) is 5.89. The van der Waals surface area contributed by atoms with Crippen molar-refractivity contribution in [2.75, 3.05) is 39.8 Å². The summed E-state index contributed by atoms with van der Waals surface area (Å²) in [5.74, 6) is 1.72. The maximum atomic E-state index is 10.2. The van der Waals surface area contributed by atoms with Gasteiger partial charge in [-0.2, -0.15) is 0 Å². The normalized spacial score (nSPS) is 29.6. The number of hydrogen-bond donors (Lipinski definition) is 1. The van der Waals surface area contributed by atoms with Crippen molar-refractivity contribution in [3.05, 3.63) is 35.4 Å². The third-order valence-electron chi connectivity index (χ3n) is 7.43. The van der Waals surface area contributed by atoms with E-state index in [-0.39, 0.29) is 45.5 Å². The molecule has 4 aliphatic rings. The van der Waals surface area contributed by atoms with Crippen LogP contribution < -0.4 is 9.47 Å². The Balaban J connectivity index is 0.00000136. The molecule has 0 unspecified atom stereocenters. The molecule has 1 saturated heterocycles. The molecule has 0 bridgehead atoms. The van der Waals surface area contributed by atoms with Gasteiger partial charge < -0.3 is 19.5 Å². The first-order valence-electron chi connectivity index (χ1n) is 11.4. The third-order valence-corrected chi connectivity index (χ3v) is 7.43. The Kier molecular flexibility index (Phi) is 8.52. The lowest BCUT2D eigenvalue weighted by atomic mass is 9.69. The SMILES string of the molecule is Br.Br.COc1ccc2c3c1O[C@H]1C[C@@H](O)C=C[C@@]31CCN(CCCN1CCCCC1)C2. The maximum Gasteiger partial charge on any atom is 0.166 e. The molecule has 0 radical (unpaired) electrons. The summed E-state index contributed by atoms with van der Waals surface area (Å²) in [5.41, 5.74) is 2.54. The van der Waals surface area contributed by atoms with Crippen molar-refractivity contribution in [1.29, 1.82) is 0 Å². The summed E-state index contributed by atoms with van der Waals surface area (Å²) in [6, 6.07) is 4.28. The van der Waals surface area contributed by atoms with Crippen molar-refractivity contribution in [1.82, 2.24) is 9.80 Å². The summed E-state index contributed by atoms with van der Waals surface area (Å²) < 4.78 is 12.0. The van der Waals surface area contributed by atoms with Crippen LogP contribution in [-0.4, -0.2) is 66.9 Å². The molecule has 0 aromatic heterocycles. The number of aliphatic hydroxyl groups excluding tert-OH is 1. The van der Waals surface area contributed by atoms with Crippen molar-refractivity contribution in [2.45, 2.75) is 62.7 Å². The molecule has 7 heteroatoms. The summed E-state index contributed by atoms with van der Waals surface area (Å²) in [5, 5.41) is 10.2. The minimum absolute atomic E-state index is 0. The zero-order valence-corrected chi connectivity index (χ0v) is 21.9. The molecule has 0 saturated carbocycles. The topological polar surface area (TPSA) is 45.2 Å². The highest BCUT2D eigenvalue weighted by Crippen LogP contribution is 2.55. The number of rotatable bonds is 5. The fraction of sp³-hybridized carbons (Fsp3) is 0.667. The molecule has 1 aromatic rings. The van der Waals surface area contributed by atoms with Gasteiger partial charge >= 0.3 is 0 Å². The summed E-state index contributed by atoms with van der Waals surface area (Å²) in [6.45, 7) is 6.96. The van der Waals surface area contributed by atoms with Crippen LogP contribution in [0, 0.1) is 0 Å². The zero-order valence-electron chi connectivity index (χ0n) is 18.4. The first-order valence-corrected chi connectivity index (χ1v) is 11.4. The van der Waals surface area contributed by atoms with Gasteiger partial charge in [0.1, 0.15) is 6.10 Å². The largest absolute Gasteiger partial charge is 0.493 e. The van der Waals surface area contributed by atoms with E-state index in [9.17, 15) is 5.11 Å². The van der Waals surface area contributed by atoms with Gasteiger partial charge in [-0.1, -0.05) is 24.6 Å². The molecule has 1 aromatic carbocycles. The number of nitrogens with zero attached hydrogens (tertiary/aromatic N) is 2. The van der Waals surface area contributed by atoms with Crippen LogP contribution in [0.2, 0.25) is 0 Å². The number of hydrogen-bond acceptors (Lipinski definition) is 5. The number of aliphatic hydroxyl groups is 1. The second-order valence-electron chi connectivity index (χ2n) is 9.22. The van der Waals surface area contributed by atoms with E-state index in [1.165, 1.54) is 56.4 Å². The molecule has 31 heavy (non-hydrogen) atoms. The number of ether oxygens (including phenoxy) is 2. The van der Waals surface area contributed by atoms with Gasteiger partial charge in [0, 0.05) is 18.5 Å². The minimum Gasteiger partial charge on any atom is -0.493 e. The predicted molar refractivity (Wildman–Crippen MR) is 134 cm³/mol. The second kappa shape index (κ2) is 10.6. The molecule has 174 valence electrons. The lowest BCUT2D eigenvalue weighted by Gasteiger charge is -2.36. The molecular weight excluding hydrogens is 524 g/mol. The van der Waals surface area contributed by atoms with E-state index in [0.717, 1.165) is 37.6 Å². The second-order valence-corrected chi connectivity index (χ2v) is 9.22. The number of likely N-dealkylation sites (tertiary alicyclic amines) is 1. The van der Waals surface area contributed by atoms with Crippen LogP contribution in [0.15, 0.2) is 24.3 Å². The Morgan fingerprint density at radius 3 is 2.65 bits per heavy atom. The summed E-state index contributed by atoms with van der Waals surface area (Å²) in [6.07, 6.45) is 10.9. The molecule has 0 amide bonds. The highest BCUT2D eigenvalue weighted by molar-refractivity contribution is 8.93. The summed E-state index contributed by atoms with van der Waals surface area (Å²) >= 11 is 0. The van der Waals surface area contributed by atoms with E-state index in [1.807, 2.05) is 6.08 Å². The third kappa shape index (κ3) is 4.72. The van der Waals surface area contributed by atoms with Gasteiger partial charge in [-0.25, -0.2) is 0 Å². The number of benzene rings is 1. The Labute approximate surface area is 207 Å². The Morgan fingerprint density at radius 2 is 1.87 bits per heavy atom. The van der Waals surface area contributed by atoms with E-state index in [0.29, 0.717) is 6.42 Å². The molecule has 1 fully saturated rings. The predicted octanol–water partition coefficient (Wildman–Crippen LogP) is 4.25. The van der Waals surface area contributed by atoms with Crippen molar-refractivity contribution >= 4 is 34.0 Å². The van der Waals surface area contributed by atoms with Gasteiger partial charge in [0.05, 0.1) is 18.6 Å². The van der Waals surface area contributed by atoms with Crippen molar-refractivity contribution < 1.29 is 14.6 Å². The van der Waals surface area contributed by atoms with Crippen molar-refractivity contribution in [3.8, 4) is 11.5 Å². The molecule has 1 aliphatic carbocycles. The molecule has 1 N–H and O–H groups in total. The van der Waals surface area contributed by atoms with Crippen LogP contribution in [0.1, 0.15) is 49.7 Å². The van der Waals surface area contributed by atoms with Gasteiger partial charge in [0.25, 0.3) is 0 Å². The Morgan fingerprint density at radius 1 is 1.10 bits per heavy atom. The Bertz CT molecular complexity index is 784. The van der Waals surface area contributed by atoms with Gasteiger partial charge in [0.15, 0.2) is 11.5 Å². The summed E-state index contributed by atoms with van der Waals surface area (Å²) in [4.78, 5) is 5.26. The lowest BCUT2D eigenvalue weighted by Crippen LogP contribution is -2.43. The Hall–Kier alpha value is -0.600. The van der Waals surface area contributed by atoms with Gasteiger partial charge in [-0.15, -0.1) is 34.0 Å². The molecule has 5 rings (SSSR count). The zero-order chi connectivity index (χ0) is 19.8. The first kappa shape index (κ1) is 25.0.